The maximum absolute atomic E-state index is 6.11. The maximum atomic E-state index is 6.11. The van der Waals surface area contributed by atoms with Gasteiger partial charge in [0.05, 0.1) is 5.02 Å². The molecule has 0 aliphatic carbocycles. The molecule has 2 rings (SSSR count). The first-order valence-corrected chi connectivity index (χ1v) is 6.46. The maximum Gasteiger partial charge on any atom is 0.145 e. The molecule has 0 bridgehead atoms. The van der Waals surface area contributed by atoms with Crippen molar-refractivity contribution in [2.75, 3.05) is 5.32 Å². The predicted molar refractivity (Wildman–Crippen MR) is 75.4 cm³/mol. The molecule has 2 nitrogen and oxygen atoms in total. The second-order valence-corrected chi connectivity index (χ2v) is 5.08. The molecule has 1 aromatic heterocycles. The molecule has 1 heterocycles. The molecule has 0 aliphatic rings. The van der Waals surface area contributed by atoms with Crippen LogP contribution in [-0.4, -0.2) is 4.98 Å². The highest BCUT2D eigenvalue weighted by molar-refractivity contribution is 9.10. The van der Waals surface area contributed by atoms with Crippen LogP contribution in [0.2, 0.25) is 5.02 Å². The van der Waals surface area contributed by atoms with Crippen LogP contribution in [0.5, 0.6) is 0 Å². The Labute approximate surface area is 114 Å². The highest BCUT2D eigenvalue weighted by Gasteiger charge is 2.08. The van der Waals surface area contributed by atoms with Crippen LogP contribution in [0.3, 0.4) is 0 Å². The van der Waals surface area contributed by atoms with Crippen molar-refractivity contribution >= 4 is 33.3 Å². The fourth-order valence-electron chi connectivity index (χ4n) is 1.55. The predicted octanol–water partition coefficient (Wildman–Crippen LogP) is 4.67. The number of hydrogen-bond acceptors (Lipinski definition) is 2. The van der Waals surface area contributed by atoms with E-state index in [1.807, 2.05) is 24.3 Å². The van der Waals surface area contributed by atoms with Gasteiger partial charge < -0.3 is 5.32 Å². The van der Waals surface area contributed by atoms with Crippen molar-refractivity contribution in [2.24, 2.45) is 0 Å². The number of aromatic nitrogens is 1. The first-order chi connectivity index (χ1) is 8.16. The van der Waals surface area contributed by atoms with E-state index in [4.69, 9.17) is 11.6 Å². The quantitative estimate of drug-likeness (QED) is 0.891. The average molecular weight is 312 g/mol. The van der Waals surface area contributed by atoms with Crippen molar-refractivity contribution in [3.63, 3.8) is 0 Å². The minimum absolute atomic E-state index is 0.169. The van der Waals surface area contributed by atoms with Gasteiger partial charge in [-0.25, -0.2) is 4.98 Å². The number of pyridine rings is 1. The van der Waals surface area contributed by atoms with Crippen molar-refractivity contribution in [1.29, 1.82) is 0 Å². The van der Waals surface area contributed by atoms with Crippen molar-refractivity contribution in [2.45, 2.75) is 13.0 Å². The Kier molecular flexibility index (Phi) is 4.02. The Morgan fingerprint density at radius 3 is 2.65 bits per heavy atom. The average Bonchev–Trinajstić information content (AvgIpc) is 2.34. The molecule has 17 heavy (non-hydrogen) atoms. The minimum Gasteiger partial charge on any atom is -0.362 e. The number of benzene rings is 1. The van der Waals surface area contributed by atoms with Crippen LogP contribution in [0.15, 0.2) is 47.1 Å². The first-order valence-electron chi connectivity index (χ1n) is 5.29. The Balaban J connectivity index is 2.16. The Bertz CT molecular complexity index is 502. The van der Waals surface area contributed by atoms with E-state index in [1.54, 1.807) is 6.20 Å². The molecular weight excluding hydrogens is 300 g/mol. The second-order valence-electron chi connectivity index (χ2n) is 3.76. The number of nitrogens with zero attached hydrogens (tertiary/aromatic N) is 1. The summed E-state index contributed by atoms with van der Waals surface area (Å²) in [5.41, 5.74) is 1.20. The van der Waals surface area contributed by atoms with Gasteiger partial charge in [0.1, 0.15) is 5.82 Å². The van der Waals surface area contributed by atoms with Crippen molar-refractivity contribution in [3.8, 4) is 0 Å². The normalized spacial score (nSPS) is 12.2. The molecular formula is C13H12BrClN2. The van der Waals surface area contributed by atoms with E-state index in [0.717, 1.165) is 4.47 Å². The van der Waals surface area contributed by atoms with Gasteiger partial charge in [-0.05, 0) is 34.5 Å². The summed E-state index contributed by atoms with van der Waals surface area (Å²) in [5.74, 6) is 0.700. The summed E-state index contributed by atoms with van der Waals surface area (Å²) >= 11 is 9.44. The summed E-state index contributed by atoms with van der Waals surface area (Å²) in [6.07, 6.45) is 1.73. The molecule has 0 spiro atoms. The molecule has 1 N–H and O–H groups in total. The Morgan fingerprint density at radius 2 is 2.00 bits per heavy atom. The van der Waals surface area contributed by atoms with Crippen LogP contribution in [0, 0.1) is 0 Å². The third-order valence-electron chi connectivity index (χ3n) is 2.46. The van der Waals surface area contributed by atoms with E-state index in [2.05, 4.69) is 45.3 Å². The van der Waals surface area contributed by atoms with Crippen LogP contribution in [0.25, 0.3) is 0 Å². The summed E-state index contributed by atoms with van der Waals surface area (Å²) in [4.78, 5) is 4.25. The summed E-state index contributed by atoms with van der Waals surface area (Å²) < 4.78 is 0.875. The SMILES string of the molecule is CC(Nc1ncc(Br)cc1Cl)c1ccccc1. The molecule has 1 atom stereocenters. The van der Waals surface area contributed by atoms with E-state index in [0.29, 0.717) is 10.8 Å². The number of hydrogen-bond donors (Lipinski definition) is 1. The molecule has 0 aliphatic heterocycles. The molecule has 2 aromatic rings. The molecule has 88 valence electrons. The molecule has 0 saturated carbocycles. The Morgan fingerprint density at radius 1 is 1.29 bits per heavy atom. The van der Waals surface area contributed by atoms with E-state index in [1.165, 1.54) is 5.56 Å². The Hall–Kier alpha value is -1.06. The van der Waals surface area contributed by atoms with E-state index < -0.39 is 0 Å². The van der Waals surface area contributed by atoms with Gasteiger partial charge >= 0.3 is 0 Å². The van der Waals surface area contributed by atoms with Gasteiger partial charge in [0.15, 0.2) is 0 Å². The minimum atomic E-state index is 0.169. The first kappa shape index (κ1) is 12.4. The van der Waals surface area contributed by atoms with Crippen molar-refractivity contribution in [1.82, 2.24) is 4.98 Å². The highest BCUT2D eigenvalue weighted by Crippen LogP contribution is 2.26. The number of anilines is 1. The lowest BCUT2D eigenvalue weighted by molar-refractivity contribution is 0.874. The topological polar surface area (TPSA) is 24.9 Å². The van der Waals surface area contributed by atoms with Crippen LogP contribution in [-0.2, 0) is 0 Å². The van der Waals surface area contributed by atoms with Gasteiger partial charge in [0, 0.05) is 16.7 Å². The lowest BCUT2D eigenvalue weighted by Crippen LogP contribution is -2.08. The van der Waals surface area contributed by atoms with Crippen molar-refractivity contribution < 1.29 is 0 Å². The molecule has 0 radical (unpaired) electrons. The smallest absolute Gasteiger partial charge is 0.145 e. The molecule has 0 saturated heterocycles. The molecule has 0 fully saturated rings. The molecule has 1 aromatic carbocycles. The van der Waals surface area contributed by atoms with Crippen LogP contribution in [0.1, 0.15) is 18.5 Å². The van der Waals surface area contributed by atoms with Crippen LogP contribution < -0.4 is 5.32 Å². The van der Waals surface area contributed by atoms with Gasteiger partial charge in [0.25, 0.3) is 0 Å². The number of nitrogens with one attached hydrogen (secondary N) is 1. The number of rotatable bonds is 3. The number of halogens is 2. The van der Waals surface area contributed by atoms with E-state index in [-0.39, 0.29) is 6.04 Å². The lowest BCUT2D eigenvalue weighted by Gasteiger charge is -2.15. The van der Waals surface area contributed by atoms with Gasteiger partial charge in [-0.2, -0.15) is 0 Å². The zero-order valence-corrected chi connectivity index (χ0v) is 11.7. The third-order valence-corrected chi connectivity index (χ3v) is 3.18. The fourth-order valence-corrected chi connectivity index (χ4v) is 2.23. The standard InChI is InChI=1S/C13H12BrClN2/c1-9(10-5-3-2-4-6-10)17-13-12(15)7-11(14)8-16-13/h2-9H,1H3,(H,16,17). The van der Waals surface area contributed by atoms with E-state index in [9.17, 15) is 0 Å². The van der Waals surface area contributed by atoms with Crippen LogP contribution >= 0.6 is 27.5 Å². The summed E-state index contributed by atoms with van der Waals surface area (Å²) in [6, 6.07) is 12.2. The largest absolute Gasteiger partial charge is 0.362 e. The lowest BCUT2D eigenvalue weighted by atomic mass is 10.1. The zero-order chi connectivity index (χ0) is 12.3. The molecule has 4 heteroatoms. The van der Waals surface area contributed by atoms with Gasteiger partial charge in [-0.3, -0.25) is 0 Å². The summed E-state index contributed by atoms with van der Waals surface area (Å²) in [7, 11) is 0. The van der Waals surface area contributed by atoms with E-state index >= 15 is 0 Å². The van der Waals surface area contributed by atoms with Gasteiger partial charge in [-0.1, -0.05) is 41.9 Å². The fraction of sp³-hybridized carbons (Fsp3) is 0.154. The summed E-state index contributed by atoms with van der Waals surface area (Å²) in [6.45, 7) is 2.08. The zero-order valence-electron chi connectivity index (χ0n) is 9.32. The molecule has 0 amide bonds. The second kappa shape index (κ2) is 5.52. The molecule has 1 unspecified atom stereocenters. The highest BCUT2D eigenvalue weighted by atomic mass is 79.9. The van der Waals surface area contributed by atoms with Gasteiger partial charge in [0.2, 0.25) is 0 Å². The monoisotopic (exact) mass is 310 g/mol. The third kappa shape index (κ3) is 3.20. The van der Waals surface area contributed by atoms with Gasteiger partial charge in [-0.15, -0.1) is 0 Å². The van der Waals surface area contributed by atoms with Crippen molar-refractivity contribution in [3.05, 3.63) is 57.7 Å². The van der Waals surface area contributed by atoms with Crippen LogP contribution in [0.4, 0.5) is 5.82 Å². The summed E-state index contributed by atoms with van der Waals surface area (Å²) in [5, 5.41) is 3.90.